The van der Waals surface area contributed by atoms with Crippen LogP contribution in [-0.4, -0.2) is 25.0 Å². The molecular weight excluding hydrogens is 98.1 g/mol. The standard InChI is InChI=1S/C7H12N/c1-5-6-3-8(2)4-7(5)6/h5-7H,1,3-4H2,2H3. The Balaban J connectivity index is 2.00. The van der Waals surface area contributed by atoms with Gasteiger partial charge in [-0.15, -0.1) is 0 Å². The minimum absolute atomic E-state index is 0.811. The van der Waals surface area contributed by atoms with E-state index in [2.05, 4.69) is 18.9 Å². The van der Waals surface area contributed by atoms with Crippen LogP contribution in [0.2, 0.25) is 0 Å². The quantitative estimate of drug-likeness (QED) is 0.442. The first-order valence-electron chi connectivity index (χ1n) is 3.30. The van der Waals surface area contributed by atoms with Gasteiger partial charge in [-0.1, -0.05) is 0 Å². The van der Waals surface area contributed by atoms with Crippen LogP contribution in [0.1, 0.15) is 0 Å². The van der Waals surface area contributed by atoms with Crippen molar-refractivity contribution in [3.05, 3.63) is 6.92 Å². The Kier molecular flexibility index (Phi) is 0.762. The highest BCUT2D eigenvalue weighted by Gasteiger charge is 2.51. The molecule has 0 aromatic rings. The van der Waals surface area contributed by atoms with Crippen LogP contribution < -0.4 is 0 Å². The van der Waals surface area contributed by atoms with Crippen LogP contribution in [0, 0.1) is 24.7 Å². The molecule has 8 heavy (non-hydrogen) atoms. The van der Waals surface area contributed by atoms with Crippen molar-refractivity contribution >= 4 is 0 Å². The summed E-state index contributed by atoms with van der Waals surface area (Å²) in [5, 5.41) is 0. The molecule has 2 rings (SSSR count). The van der Waals surface area contributed by atoms with Crippen LogP contribution >= 0.6 is 0 Å². The fourth-order valence-electron chi connectivity index (χ4n) is 1.86. The molecule has 1 radical (unpaired) electrons. The second-order valence-electron chi connectivity index (χ2n) is 3.21. The van der Waals surface area contributed by atoms with Gasteiger partial charge in [0.15, 0.2) is 0 Å². The van der Waals surface area contributed by atoms with E-state index in [4.69, 9.17) is 0 Å². The van der Waals surface area contributed by atoms with Crippen LogP contribution in [0.25, 0.3) is 0 Å². The Labute approximate surface area is 50.7 Å². The first-order valence-corrected chi connectivity index (χ1v) is 3.30. The fraction of sp³-hybridized carbons (Fsp3) is 0.857. The molecule has 2 atom stereocenters. The molecule has 0 N–H and O–H groups in total. The second-order valence-corrected chi connectivity index (χ2v) is 3.21. The zero-order valence-corrected chi connectivity index (χ0v) is 5.30. The summed E-state index contributed by atoms with van der Waals surface area (Å²) in [6.45, 7) is 6.65. The molecule has 1 aliphatic heterocycles. The van der Waals surface area contributed by atoms with E-state index in [0.717, 1.165) is 17.8 Å². The van der Waals surface area contributed by atoms with Crippen molar-refractivity contribution in [3.63, 3.8) is 0 Å². The first-order chi connectivity index (χ1) is 3.79. The van der Waals surface area contributed by atoms with Crippen LogP contribution in [0.15, 0.2) is 0 Å². The smallest absolute Gasteiger partial charge is 0.00127 e. The summed E-state index contributed by atoms with van der Waals surface area (Å²) < 4.78 is 0. The van der Waals surface area contributed by atoms with E-state index in [1.807, 2.05) is 0 Å². The normalized spacial score (nSPS) is 54.0. The molecule has 1 saturated heterocycles. The summed E-state index contributed by atoms with van der Waals surface area (Å²) in [6, 6.07) is 0. The Bertz CT molecular complexity index is 99.0. The van der Waals surface area contributed by atoms with Crippen molar-refractivity contribution in [3.8, 4) is 0 Å². The molecule has 0 aromatic heterocycles. The van der Waals surface area contributed by atoms with Crippen molar-refractivity contribution < 1.29 is 0 Å². The van der Waals surface area contributed by atoms with Gasteiger partial charge in [0, 0.05) is 13.1 Å². The van der Waals surface area contributed by atoms with Crippen LogP contribution in [0.4, 0.5) is 0 Å². The van der Waals surface area contributed by atoms with Crippen LogP contribution in [0.3, 0.4) is 0 Å². The lowest BCUT2D eigenvalue weighted by Crippen LogP contribution is -2.18. The molecule has 0 spiro atoms. The summed E-state index contributed by atoms with van der Waals surface area (Å²) in [7, 11) is 2.19. The Morgan fingerprint density at radius 2 is 1.88 bits per heavy atom. The van der Waals surface area contributed by atoms with Crippen molar-refractivity contribution in [2.24, 2.45) is 17.8 Å². The second kappa shape index (κ2) is 1.27. The van der Waals surface area contributed by atoms with Gasteiger partial charge in [0.2, 0.25) is 0 Å². The Morgan fingerprint density at radius 3 is 2.25 bits per heavy atom. The highest BCUT2D eigenvalue weighted by Crippen LogP contribution is 2.50. The van der Waals surface area contributed by atoms with Crippen molar-refractivity contribution in [1.82, 2.24) is 4.90 Å². The highest BCUT2D eigenvalue weighted by molar-refractivity contribution is 5.05. The van der Waals surface area contributed by atoms with E-state index in [-0.39, 0.29) is 0 Å². The summed E-state index contributed by atoms with van der Waals surface area (Å²) in [5.74, 6) is 2.76. The van der Waals surface area contributed by atoms with Gasteiger partial charge in [0.05, 0.1) is 0 Å². The van der Waals surface area contributed by atoms with Gasteiger partial charge in [-0.2, -0.15) is 0 Å². The molecule has 1 aliphatic carbocycles. The summed E-state index contributed by atoms with van der Waals surface area (Å²) >= 11 is 0. The predicted molar refractivity (Wildman–Crippen MR) is 33.3 cm³/mol. The van der Waals surface area contributed by atoms with E-state index in [1.54, 1.807) is 0 Å². The Hall–Kier alpha value is -0.0400. The number of rotatable bonds is 0. The van der Waals surface area contributed by atoms with Gasteiger partial charge in [-0.25, -0.2) is 0 Å². The molecule has 2 fully saturated rings. The number of nitrogens with zero attached hydrogens (tertiary/aromatic N) is 1. The summed E-state index contributed by atoms with van der Waals surface area (Å²) in [6.07, 6.45) is 0. The molecule has 0 aromatic carbocycles. The zero-order valence-electron chi connectivity index (χ0n) is 5.30. The zero-order chi connectivity index (χ0) is 5.72. The molecule has 45 valence electrons. The number of hydrogen-bond donors (Lipinski definition) is 0. The molecule has 1 saturated carbocycles. The first kappa shape index (κ1) is 4.80. The van der Waals surface area contributed by atoms with Gasteiger partial charge in [-0.05, 0) is 31.7 Å². The number of piperidine rings is 1. The predicted octanol–water partition coefficient (Wildman–Crippen LogP) is 0.628. The molecular formula is C7H12N. The molecule has 2 unspecified atom stereocenters. The molecule has 2 aliphatic rings. The highest BCUT2D eigenvalue weighted by atomic mass is 15.1. The van der Waals surface area contributed by atoms with Crippen LogP contribution in [-0.2, 0) is 0 Å². The average Bonchev–Trinajstić information content (AvgIpc) is 2.29. The van der Waals surface area contributed by atoms with Gasteiger partial charge >= 0.3 is 0 Å². The largest absolute Gasteiger partial charge is 0.306 e. The van der Waals surface area contributed by atoms with Crippen molar-refractivity contribution in [2.45, 2.75) is 0 Å². The molecule has 1 heterocycles. The third-order valence-electron chi connectivity index (χ3n) is 2.55. The fourth-order valence-corrected chi connectivity index (χ4v) is 1.86. The summed E-state index contributed by atoms with van der Waals surface area (Å²) in [5.41, 5.74) is 0. The van der Waals surface area contributed by atoms with E-state index >= 15 is 0 Å². The number of hydrogen-bond acceptors (Lipinski definition) is 1. The third kappa shape index (κ3) is 0.455. The monoisotopic (exact) mass is 110 g/mol. The summed E-state index contributed by atoms with van der Waals surface area (Å²) in [4.78, 5) is 2.40. The minimum Gasteiger partial charge on any atom is -0.306 e. The van der Waals surface area contributed by atoms with Gasteiger partial charge in [-0.3, -0.25) is 0 Å². The van der Waals surface area contributed by atoms with Crippen LogP contribution in [0.5, 0.6) is 0 Å². The van der Waals surface area contributed by atoms with Crippen molar-refractivity contribution in [2.75, 3.05) is 20.1 Å². The number of likely N-dealkylation sites (tertiary alicyclic amines) is 1. The minimum atomic E-state index is 0.811. The molecule has 1 heteroatoms. The molecule has 0 amide bonds. The molecule has 0 bridgehead atoms. The van der Waals surface area contributed by atoms with Gasteiger partial charge in [0.25, 0.3) is 0 Å². The maximum Gasteiger partial charge on any atom is 0.00127 e. The van der Waals surface area contributed by atoms with Gasteiger partial charge < -0.3 is 4.90 Å². The topological polar surface area (TPSA) is 3.24 Å². The Morgan fingerprint density at radius 1 is 1.38 bits per heavy atom. The average molecular weight is 110 g/mol. The molecule has 1 nitrogen and oxygen atoms in total. The lowest BCUT2D eigenvalue weighted by molar-refractivity contribution is 0.357. The maximum atomic E-state index is 4.04. The van der Waals surface area contributed by atoms with E-state index in [1.165, 1.54) is 13.1 Å². The van der Waals surface area contributed by atoms with Gasteiger partial charge in [0.1, 0.15) is 0 Å². The lowest BCUT2D eigenvalue weighted by atomic mass is 10.3. The SMILES string of the molecule is [CH2]C1C2CN(C)CC12. The maximum absolute atomic E-state index is 4.04. The van der Waals surface area contributed by atoms with E-state index in [9.17, 15) is 0 Å². The number of fused-ring (bicyclic) bond motifs is 1. The van der Waals surface area contributed by atoms with Crippen molar-refractivity contribution in [1.29, 1.82) is 0 Å². The third-order valence-corrected chi connectivity index (χ3v) is 2.55. The van der Waals surface area contributed by atoms with E-state index < -0.39 is 0 Å². The van der Waals surface area contributed by atoms with E-state index in [0.29, 0.717) is 0 Å². The lowest BCUT2D eigenvalue weighted by Gasteiger charge is -2.09.